The molecular weight excluding hydrogens is 354 g/mol. The van der Waals surface area contributed by atoms with Crippen LogP contribution in [0.2, 0.25) is 0 Å². The summed E-state index contributed by atoms with van der Waals surface area (Å²) in [5.74, 6) is -1.45. The Hall–Kier alpha value is -2.34. The fraction of sp³-hybridized carbons (Fsp3) is 0. The molecule has 1 aromatic heterocycles. The van der Waals surface area contributed by atoms with Gasteiger partial charge >= 0.3 is 0 Å². The molecule has 22 heavy (non-hydrogen) atoms. The molecule has 0 saturated heterocycles. The van der Waals surface area contributed by atoms with Gasteiger partial charge in [-0.1, -0.05) is 18.2 Å². The standard InChI is InChI=1S/C16H9BrF2N2O/c17-16-13(9-22)15(12-7-6-10(18)8-14(12)19)20-21(16)11-4-2-1-3-5-11/h1-9H. The highest BCUT2D eigenvalue weighted by Crippen LogP contribution is 2.31. The molecule has 0 radical (unpaired) electrons. The van der Waals surface area contributed by atoms with Gasteiger partial charge < -0.3 is 0 Å². The van der Waals surface area contributed by atoms with E-state index in [1.165, 1.54) is 10.7 Å². The second-order valence-electron chi connectivity index (χ2n) is 4.54. The molecule has 0 aliphatic carbocycles. The second kappa shape index (κ2) is 5.81. The van der Waals surface area contributed by atoms with E-state index < -0.39 is 11.6 Å². The maximum absolute atomic E-state index is 14.0. The summed E-state index contributed by atoms with van der Waals surface area (Å²) in [6.07, 6.45) is 0.592. The summed E-state index contributed by atoms with van der Waals surface area (Å²) >= 11 is 3.31. The van der Waals surface area contributed by atoms with Crippen LogP contribution in [0.3, 0.4) is 0 Å². The van der Waals surface area contributed by atoms with Crippen molar-refractivity contribution in [3.63, 3.8) is 0 Å². The molecule has 110 valence electrons. The Morgan fingerprint density at radius 3 is 2.45 bits per heavy atom. The predicted molar refractivity (Wildman–Crippen MR) is 82.0 cm³/mol. The summed E-state index contributed by atoms with van der Waals surface area (Å²) in [4.78, 5) is 11.4. The lowest BCUT2D eigenvalue weighted by atomic mass is 10.1. The van der Waals surface area contributed by atoms with Gasteiger partial charge in [0.05, 0.1) is 11.3 Å². The number of carbonyl (C=O) groups excluding carboxylic acids is 1. The molecule has 0 bridgehead atoms. The van der Waals surface area contributed by atoms with Crippen molar-refractivity contribution in [2.45, 2.75) is 0 Å². The SMILES string of the molecule is O=Cc1c(-c2ccc(F)cc2F)nn(-c2ccccc2)c1Br. The molecule has 0 aliphatic rings. The minimum Gasteiger partial charge on any atom is -0.298 e. The third-order valence-corrected chi connectivity index (χ3v) is 3.93. The van der Waals surface area contributed by atoms with Crippen molar-refractivity contribution in [1.29, 1.82) is 0 Å². The maximum Gasteiger partial charge on any atom is 0.155 e. The van der Waals surface area contributed by atoms with Gasteiger partial charge in [0.25, 0.3) is 0 Å². The number of carbonyl (C=O) groups is 1. The van der Waals surface area contributed by atoms with Gasteiger partial charge in [0, 0.05) is 11.6 Å². The number of nitrogens with zero attached hydrogens (tertiary/aromatic N) is 2. The average molecular weight is 363 g/mol. The Labute approximate surface area is 133 Å². The van der Waals surface area contributed by atoms with Crippen LogP contribution in [0.25, 0.3) is 16.9 Å². The van der Waals surface area contributed by atoms with Crippen molar-refractivity contribution in [1.82, 2.24) is 9.78 Å². The molecular formula is C16H9BrF2N2O. The fourth-order valence-corrected chi connectivity index (χ4v) is 2.70. The van der Waals surface area contributed by atoms with Crippen LogP contribution in [0, 0.1) is 11.6 Å². The molecule has 6 heteroatoms. The first-order valence-corrected chi connectivity index (χ1v) is 7.15. The highest BCUT2D eigenvalue weighted by Gasteiger charge is 2.20. The van der Waals surface area contributed by atoms with E-state index in [0.29, 0.717) is 16.6 Å². The molecule has 3 rings (SSSR count). The first-order chi connectivity index (χ1) is 10.6. The van der Waals surface area contributed by atoms with Crippen molar-refractivity contribution in [2.24, 2.45) is 0 Å². The summed E-state index contributed by atoms with van der Waals surface area (Å²) in [6.45, 7) is 0. The topological polar surface area (TPSA) is 34.9 Å². The monoisotopic (exact) mass is 362 g/mol. The highest BCUT2D eigenvalue weighted by molar-refractivity contribution is 9.10. The lowest BCUT2D eigenvalue weighted by Gasteiger charge is -2.02. The molecule has 0 atom stereocenters. The number of halogens is 3. The zero-order valence-electron chi connectivity index (χ0n) is 11.1. The van der Waals surface area contributed by atoms with Crippen molar-refractivity contribution < 1.29 is 13.6 Å². The predicted octanol–water partition coefficient (Wildman–Crippen LogP) is 4.39. The number of para-hydroxylation sites is 1. The van der Waals surface area contributed by atoms with Crippen molar-refractivity contribution in [2.75, 3.05) is 0 Å². The Balaban J connectivity index is 2.23. The lowest BCUT2D eigenvalue weighted by molar-refractivity contribution is 0.112. The summed E-state index contributed by atoms with van der Waals surface area (Å²) in [5, 5.41) is 4.29. The zero-order chi connectivity index (χ0) is 15.7. The van der Waals surface area contributed by atoms with Crippen molar-refractivity contribution >= 4 is 22.2 Å². The van der Waals surface area contributed by atoms with Crippen LogP contribution in [0.1, 0.15) is 10.4 Å². The molecule has 0 fully saturated rings. The van der Waals surface area contributed by atoms with E-state index >= 15 is 0 Å². The van der Waals surface area contributed by atoms with E-state index in [1.54, 1.807) is 12.1 Å². The Bertz CT molecular complexity index is 847. The van der Waals surface area contributed by atoms with E-state index in [1.807, 2.05) is 18.2 Å². The molecule has 3 aromatic rings. The van der Waals surface area contributed by atoms with Crippen LogP contribution in [0.5, 0.6) is 0 Å². The second-order valence-corrected chi connectivity index (χ2v) is 5.29. The Morgan fingerprint density at radius 1 is 1.09 bits per heavy atom. The van der Waals surface area contributed by atoms with Gasteiger partial charge in [0.2, 0.25) is 0 Å². The molecule has 1 heterocycles. The molecule has 0 N–H and O–H groups in total. The van der Waals surface area contributed by atoms with Crippen LogP contribution in [-0.4, -0.2) is 16.1 Å². The lowest BCUT2D eigenvalue weighted by Crippen LogP contribution is -1.96. The first-order valence-electron chi connectivity index (χ1n) is 6.36. The normalized spacial score (nSPS) is 10.7. The molecule has 0 aliphatic heterocycles. The van der Waals surface area contributed by atoms with Crippen LogP contribution < -0.4 is 0 Å². The molecule has 3 nitrogen and oxygen atoms in total. The zero-order valence-corrected chi connectivity index (χ0v) is 12.7. The summed E-state index contributed by atoms with van der Waals surface area (Å²) in [7, 11) is 0. The van der Waals surface area contributed by atoms with E-state index in [0.717, 1.165) is 12.1 Å². The minimum absolute atomic E-state index is 0.0684. The molecule has 2 aromatic carbocycles. The van der Waals surface area contributed by atoms with Gasteiger partial charge in [-0.2, -0.15) is 5.10 Å². The van der Waals surface area contributed by atoms with E-state index in [4.69, 9.17) is 0 Å². The maximum atomic E-state index is 14.0. The average Bonchev–Trinajstić information content (AvgIpc) is 2.84. The van der Waals surface area contributed by atoms with Gasteiger partial charge in [0.15, 0.2) is 6.29 Å². The van der Waals surface area contributed by atoms with Crippen molar-refractivity contribution in [3.8, 4) is 16.9 Å². The molecule has 0 saturated carbocycles. The third-order valence-electron chi connectivity index (χ3n) is 3.17. The Kier molecular flexibility index (Phi) is 3.85. The number of hydrogen-bond acceptors (Lipinski definition) is 2. The van der Waals surface area contributed by atoms with Gasteiger partial charge in [0.1, 0.15) is 21.9 Å². The number of benzene rings is 2. The fourth-order valence-electron chi connectivity index (χ4n) is 2.13. The summed E-state index contributed by atoms with van der Waals surface area (Å²) in [6, 6.07) is 12.3. The molecule has 0 spiro atoms. The summed E-state index contributed by atoms with van der Waals surface area (Å²) < 4.78 is 28.9. The smallest absolute Gasteiger partial charge is 0.155 e. The van der Waals surface area contributed by atoms with E-state index in [-0.39, 0.29) is 16.8 Å². The van der Waals surface area contributed by atoms with Crippen LogP contribution in [-0.2, 0) is 0 Å². The van der Waals surface area contributed by atoms with Crippen LogP contribution >= 0.6 is 15.9 Å². The first kappa shape index (κ1) is 14.6. The van der Waals surface area contributed by atoms with Gasteiger partial charge in [-0.15, -0.1) is 0 Å². The number of aromatic nitrogens is 2. The number of aldehydes is 1. The van der Waals surface area contributed by atoms with Gasteiger partial charge in [-0.05, 0) is 40.2 Å². The van der Waals surface area contributed by atoms with Crippen molar-refractivity contribution in [3.05, 3.63) is 70.3 Å². The van der Waals surface area contributed by atoms with E-state index in [2.05, 4.69) is 21.0 Å². The molecule has 0 amide bonds. The van der Waals surface area contributed by atoms with E-state index in [9.17, 15) is 13.6 Å². The minimum atomic E-state index is -0.770. The largest absolute Gasteiger partial charge is 0.298 e. The Morgan fingerprint density at radius 2 is 1.82 bits per heavy atom. The quantitative estimate of drug-likeness (QED) is 0.647. The van der Waals surface area contributed by atoms with Gasteiger partial charge in [-0.3, -0.25) is 4.79 Å². The third kappa shape index (κ3) is 2.46. The molecule has 0 unspecified atom stereocenters. The van der Waals surface area contributed by atoms with Crippen LogP contribution in [0.4, 0.5) is 8.78 Å². The number of hydrogen-bond donors (Lipinski definition) is 0. The van der Waals surface area contributed by atoms with Gasteiger partial charge in [-0.25, -0.2) is 13.5 Å². The number of rotatable bonds is 3. The summed E-state index contributed by atoms with van der Waals surface area (Å²) in [5.41, 5.74) is 1.14. The van der Waals surface area contributed by atoms with Crippen LogP contribution in [0.15, 0.2) is 53.1 Å². The highest BCUT2D eigenvalue weighted by atomic mass is 79.9.